The summed E-state index contributed by atoms with van der Waals surface area (Å²) in [4.78, 5) is 23.8. The van der Waals surface area contributed by atoms with Crippen LogP contribution < -0.4 is 10.6 Å². The predicted molar refractivity (Wildman–Crippen MR) is 105 cm³/mol. The molecule has 0 saturated heterocycles. The summed E-state index contributed by atoms with van der Waals surface area (Å²) in [7, 11) is 0. The Morgan fingerprint density at radius 2 is 2.00 bits per heavy atom. The van der Waals surface area contributed by atoms with E-state index in [0.29, 0.717) is 22.5 Å². The maximum atomic E-state index is 11.3. The summed E-state index contributed by atoms with van der Waals surface area (Å²) < 4.78 is 0. The van der Waals surface area contributed by atoms with Gasteiger partial charge in [0.25, 0.3) is 5.69 Å². The standard InChI is InChI=1S/C18H17ClN6O2/c1-11(2)21-18-23-14(12-4-3-7-20-10-12)9-17(24-18)22-15-8-13(19)5-6-16(15)25(26)27/h3-11H,1-2H3,(H2,21,22,23,24). The smallest absolute Gasteiger partial charge is 0.292 e. The predicted octanol–water partition coefficient (Wildman–Crippen LogP) is 4.66. The second-order valence-electron chi connectivity index (χ2n) is 6.05. The molecule has 27 heavy (non-hydrogen) atoms. The van der Waals surface area contributed by atoms with Gasteiger partial charge in [-0.2, -0.15) is 4.98 Å². The minimum Gasteiger partial charge on any atom is -0.352 e. The van der Waals surface area contributed by atoms with Gasteiger partial charge in [-0.05, 0) is 38.1 Å². The molecule has 9 heteroatoms. The molecule has 0 unspecified atom stereocenters. The lowest BCUT2D eigenvalue weighted by Gasteiger charge is -2.13. The van der Waals surface area contributed by atoms with Gasteiger partial charge in [0.05, 0.1) is 10.6 Å². The van der Waals surface area contributed by atoms with Crippen LogP contribution in [0.25, 0.3) is 11.3 Å². The van der Waals surface area contributed by atoms with Gasteiger partial charge in [-0.3, -0.25) is 15.1 Å². The van der Waals surface area contributed by atoms with Gasteiger partial charge in [-0.1, -0.05) is 11.6 Å². The molecule has 138 valence electrons. The van der Waals surface area contributed by atoms with Crippen molar-refractivity contribution in [3.63, 3.8) is 0 Å². The molecule has 0 fully saturated rings. The second kappa shape index (κ2) is 7.96. The van der Waals surface area contributed by atoms with Crippen molar-refractivity contribution in [3.8, 4) is 11.3 Å². The van der Waals surface area contributed by atoms with Crippen LogP contribution >= 0.6 is 11.6 Å². The molecule has 2 aromatic heterocycles. The molecule has 0 aliphatic heterocycles. The Hall–Kier alpha value is -3.26. The Bertz CT molecular complexity index is 965. The fourth-order valence-electron chi connectivity index (χ4n) is 2.40. The first-order valence-corrected chi connectivity index (χ1v) is 8.57. The number of hydrogen-bond donors (Lipinski definition) is 2. The number of aromatic nitrogens is 3. The lowest BCUT2D eigenvalue weighted by atomic mass is 10.2. The lowest BCUT2D eigenvalue weighted by molar-refractivity contribution is -0.383. The van der Waals surface area contributed by atoms with Crippen molar-refractivity contribution in [1.29, 1.82) is 0 Å². The Balaban J connectivity index is 2.05. The summed E-state index contributed by atoms with van der Waals surface area (Å²) in [5.41, 5.74) is 1.59. The van der Waals surface area contributed by atoms with Crippen molar-refractivity contribution in [2.75, 3.05) is 10.6 Å². The van der Waals surface area contributed by atoms with Gasteiger partial charge in [0.2, 0.25) is 5.95 Å². The van der Waals surface area contributed by atoms with E-state index in [9.17, 15) is 10.1 Å². The van der Waals surface area contributed by atoms with Crippen molar-refractivity contribution < 1.29 is 4.92 Å². The first-order valence-electron chi connectivity index (χ1n) is 8.19. The number of nitrogens with one attached hydrogen (secondary N) is 2. The molecule has 8 nitrogen and oxygen atoms in total. The number of anilines is 3. The highest BCUT2D eigenvalue weighted by atomic mass is 35.5. The third-order valence-corrected chi connectivity index (χ3v) is 3.75. The zero-order valence-corrected chi connectivity index (χ0v) is 15.4. The monoisotopic (exact) mass is 384 g/mol. The average molecular weight is 385 g/mol. The third-order valence-electron chi connectivity index (χ3n) is 3.52. The number of nitrogens with zero attached hydrogens (tertiary/aromatic N) is 4. The van der Waals surface area contributed by atoms with E-state index in [-0.39, 0.29) is 17.4 Å². The van der Waals surface area contributed by atoms with Crippen LogP contribution in [0.5, 0.6) is 0 Å². The van der Waals surface area contributed by atoms with E-state index in [1.54, 1.807) is 18.5 Å². The highest BCUT2D eigenvalue weighted by molar-refractivity contribution is 6.31. The number of nitro groups is 1. The fourth-order valence-corrected chi connectivity index (χ4v) is 2.57. The van der Waals surface area contributed by atoms with Crippen LogP contribution in [0.2, 0.25) is 5.02 Å². The number of benzene rings is 1. The second-order valence-corrected chi connectivity index (χ2v) is 6.48. The van der Waals surface area contributed by atoms with Crippen molar-refractivity contribution in [2.45, 2.75) is 19.9 Å². The van der Waals surface area contributed by atoms with Gasteiger partial charge in [0, 0.05) is 41.2 Å². The van der Waals surface area contributed by atoms with Gasteiger partial charge in [-0.15, -0.1) is 0 Å². The molecule has 0 amide bonds. The highest BCUT2D eigenvalue weighted by Gasteiger charge is 2.16. The molecule has 2 N–H and O–H groups in total. The summed E-state index contributed by atoms with van der Waals surface area (Å²) in [6.45, 7) is 3.93. The topological polar surface area (TPSA) is 106 Å². The molecule has 2 heterocycles. The third kappa shape index (κ3) is 4.68. The van der Waals surface area contributed by atoms with E-state index < -0.39 is 4.92 Å². The maximum absolute atomic E-state index is 11.3. The van der Waals surface area contributed by atoms with Gasteiger partial charge in [0.15, 0.2) is 0 Å². The maximum Gasteiger partial charge on any atom is 0.292 e. The van der Waals surface area contributed by atoms with Crippen molar-refractivity contribution >= 4 is 34.7 Å². The summed E-state index contributed by atoms with van der Waals surface area (Å²) in [6.07, 6.45) is 3.36. The molecule has 0 aliphatic rings. The minimum atomic E-state index is -0.477. The fraction of sp³-hybridized carbons (Fsp3) is 0.167. The number of hydrogen-bond acceptors (Lipinski definition) is 7. The van der Waals surface area contributed by atoms with Gasteiger partial charge in [0.1, 0.15) is 11.5 Å². The molecule has 0 radical (unpaired) electrons. The van der Waals surface area contributed by atoms with Crippen molar-refractivity contribution in [3.05, 3.63) is 63.9 Å². The first kappa shape index (κ1) is 18.5. The average Bonchev–Trinajstić information content (AvgIpc) is 2.61. The van der Waals surface area contributed by atoms with E-state index in [1.165, 1.54) is 18.2 Å². The number of halogens is 1. The quantitative estimate of drug-likeness (QED) is 0.470. The number of rotatable bonds is 6. The van der Waals surface area contributed by atoms with Crippen LogP contribution in [0.4, 0.5) is 23.1 Å². The zero-order chi connectivity index (χ0) is 19.4. The minimum absolute atomic E-state index is 0.0979. The van der Waals surface area contributed by atoms with E-state index in [1.807, 2.05) is 26.0 Å². The largest absolute Gasteiger partial charge is 0.352 e. The number of nitro benzene ring substituents is 1. The SMILES string of the molecule is CC(C)Nc1nc(Nc2cc(Cl)ccc2[N+](=O)[O-])cc(-c2cccnc2)n1. The Morgan fingerprint density at radius 1 is 1.19 bits per heavy atom. The van der Waals surface area contributed by atoms with Crippen molar-refractivity contribution in [1.82, 2.24) is 15.0 Å². The van der Waals surface area contributed by atoms with E-state index >= 15 is 0 Å². The van der Waals surface area contributed by atoms with Crippen LogP contribution in [-0.4, -0.2) is 25.9 Å². The van der Waals surface area contributed by atoms with E-state index in [0.717, 1.165) is 5.56 Å². The molecule has 3 aromatic rings. The summed E-state index contributed by atoms with van der Waals surface area (Å²) in [6, 6.07) is 9.80. The van der Waals surface area contributed by atoms with E-state index in [2.05, 4.69) is 25.6 Å². The highest BCUT2D eigenvalue weighted by Crippen LogP contribution is 2.31. The summed E-state index contributed by atoms with van der Waals surface area (Å²) in [5.74, 6) is 0.802. The van der Waals surface area contributed by atoms with E-state index in [4.69, 9.17) is 11.6 Å². The molecule has 0 aliphatic carbocycles. The van der Waals surface area contributed by atoms with Crippen molar-refractivity contribution in [2.24, 2.45) is 0 Å². The molecule has 0 saturated carbocycles. The van der Waals surface area contributed by atoms with Crippen LogP contribution in [0.1, 0.15) is 13.8 Å². The molecule has 0 bridgehead atoms. The van der Waals surface area contributed by atoms with Crippen LogP contribution in [0.3, 0.4) is 0 Å². The summed E-state index contributed by atoms with van der Waals surface area (Å²) >= 11 is 6.00. The van der Waals surface area contributed by atoms with Gasteiger partial charge < -0.3 is 10.6 Å². The molecule has 0 atom stereocenters. The van der Waals surface area contributed by atoms with Crippen LogP contribution in [0.15, 0.2) is 48.8 Å². The normalized spacial score (nSPS) is 10.7. The molecule has 3 rings (SSSR count). The molecule has 1 aromatic carbocycles. The van der Waals surface area contributed by atoms with Crippen LogP contribution in [-0.2, 0) is 0 Å². The van der Waals surface area contributed by atoms with Gasteiger partial charge >= 0.3 is 0 Å². The lowest BCUT2D eigenvalue weighted by Crippen LogP contribution is -2.13. The van der Waals surface area contributed by atoms with Gasteiger partial charge in [-0.25, -0.2) is 4.98 Å². The van der Waals surface area contributed by atoms with Crippen LogP contribution in [0, 0.1) is 10.1 Å². The Labute approximate surface area is 160 Å². The first-order chi connectivity index (χ1) is 12.9. The molecular weight excluding hydrogens is 368 g/mol. The number of pyridine rings is 1. The summed E-state index contributed by atoms with van der Waals surface area (Å²) in [5, 5.41) is 17.8. The Kier molecular flexibility index (Phi) is 5.46. The zero-order valence-electron chi connectivity index (χ0n) is 14.7. The Morgan fingerprint density at radius 3 is 2.67 bits per heavy atom. The molecular formula is C18H17ClN6O2. The molecule has 0 spiro atoms.